The number of carbonyl (C=O) groups excluding carboxylic acids is 3. The summed E-state index contributed by atoms with van der Waals surface area (Å²) in [6.45, 7) is 4.99. The fourth-order valence-electron chi connectivity index (χ4n) is 3.94. The molecule has 10 nitrogen and oxygen atoms in total. The molecule has 1 aliphatic heterocycles. The second kappa shape index (κ2) is 12.0. The quantitative estimate of drug-likeness (QED) is 0.411. The molecule has 3 N–H and O–H groups in total. The van der Waals surface area contributed by atoms with Gasteiger partial charge in [0.15, 0.2) is 6.23 Å². The number of ether oxygens (including phenoxy) is 1. The van der Waals surface area contributed by atoms with Gasteiger partial charge in [-0.05, 0) is 31.4 Å². The highest BCUT2D eigenvalue weighted by atomic mass is 19.4. The summed E-state index contributed by atoms with van der Waals surface area (Å²) in [5.74, 6) is -2.16. The number of aromatic nitrogens is 2. The molecule has 1 aromatic carbocycles. The number of allylic oxidation sites excluding steroid dienone is 1. The molecule has 0 saturated carbocycles. The van der Waals surface area contributed by atoms with E-state index in [2.05, 4.69) is 15.7 Å². The van der Waals surface area contributed by atoms with Crippen LogP contribution in [0, 0.1) is 0 Å². The molecule has 2 unspecified atom stereocenters. The van der Waals surface area contributed by atoms with Gasteiger partial charge in [-0.15, -0.1) is 0 Å². The molecule has 206 valence electrons. The van der Waals surface area contributed by atoms with E-state index < -0.39 is 36.2 Å². The number of hydroxylamine groups is 1. The van der Waals surface area contributed by atoms with Crippen molar-refractivity contribution in [2.24, 2.45) is 0 Å². The predicted octanol–water partition coefficient (Wildman–Crippen LogP) is 4.10. The average Bonchev–Trinajstić information content (AvgIpc) is 3.50. The van der Waals surface area contributed by atoms with Gasteiger partial charge in [0.05, 0.1) is 11.4 Å². The Hall–Kier alpha value is -4.03. The van der Waals surface area contributed by atoms with E-state index in [1.54, 1.807) is 36.2 Å². The zero-order valence-corrected chi connectivity index (χ0v) is 21.4. The number of aromatic amines is 1. The van der Waals surface area contributed by atoms with Crippen LogP contribution < -0.4 is 10.8 Å². The Bertz CT molecular complexity index is 1210. The van der Waals surface area contributed by atoms with E-state index in [0.717, 1.165) is 0 Å². The highest BCUT2D eigenvalue weighted by Crippen LogP contribution is 2.37. The van der Waals surface area contributed by atoms with E-state index in [4.69, 9.17) is 9.57 Å². The van der Waals surface area contributed by atoms with Gasteiger partial charge in [0.2, 0.25) is 5.76 Å². The number of H-pyrrole nitrogens is 1. The van der Waals surface area contributed by atoms with Crippen LogP contribution in [-0.2, 0) is 19.2 Å². The van der Waals surface area contributed by atoms with Gasteiger partial charge < -0.3 is 19.8 Å². The van der Waals surface area contributed by atoms with Crippen LogP contribution in [0.5, 0.6) is 0 Å². The summed E-state index contributed by atoms with van der Waals surface area (Å²) in [6, 6.07) is 6.34. The van der Waals surface area contributed by atoms with Gasteiger partial charge in [-0.25, -0.2) is 4.79 Å². The van der Waals surface area contributed by atoms with Gasteiger partial charge in [0, 0.05) is 24.6 Å². The minimum atomic E-state index is -4.56. The maximum Gasteiger partial charge on any atom is 0.408 e. The molecule has 13 heteroatoms. The van der Waals surface area contributed by atoms with Crippen molar-refractivity contribution in [1.82, 2.24) is 25.9 Å². The van der Waals surface area contributed by atoms with E-state index in [0.29, 0.717) is 35.4 Å². The third-order valence-corrected chi connectivity index (χ3v) is 5.92. The smallest absolute Gasteiger partial charge is 0.408 e. The summed E-state index contributed by atoms with van der Waals surface area (Å²) >= 11 is 0. The van der Waals surface area contributed by atoms with Crippen molar-refractivity contribution in [1.29, 1.82) is 0 Å². The third-order valence-electron chi connectivity index (χ3n) is 5.92. The topological polar surface area (TPSA) is 126 Å². The highest BCUT2D eigenvalue weighted by Gasteiger charge is 2.39. The Morgan fingerprint density at radius 2 is 1.92 bits per heavy atom. The number of hydrogen-bond acceptors (Lipinski definition) is 7. The van der Waals surface area contributed by atoms with Crippen molar-refractivity contribution in [2.45, 2.75) is 64.9 Å². The van der Waals surface area contributed by atoms with E-state index in [1.165, 1.54) is 13.0 Å². The number of alkyl halides is 3. The van der Waals surface area contributed by atoms with Crippen molar-refractivity contribution < 1.29 is 37.1 Å². The molecule has 0 aliphatic carbocycles. The zero-order chi connectivity index (χ0) is 28.0. The van der Waals surface area contributed by atoms with Gasteiger partial charge in [0.1, 0.15) is 11.7 Å². The first-order valence-electron chi connectivity index (χ1n) is 12.2. The molecule has 0 spiro atoms. The molecule has 38 heavy (non-hydrogen) atoms. The number of hydrogen-bond donors (Lipinski definition) is 3. The molecular weight excluding hydrogens is 507 g/mol. The van der Waals surface area contributed by atoms with Crippen LogP contribution in [0.4, 0.5) is 13.2 Å². The molecule has 2 aromatic rings. The second-order valence-corrected chi connectivity index (χ2v) is 8.63. The lowest BCUT2D eigenvalue weighted by Gasteiger charge is -2.23. The monoisotopic (exact) mass is 537 g/mol. The van der Waals surface area contributed by atoms with Crippen molar-refractivity contribution in [2.75, 3.05) is 7.05 Å². The van der Waals surface area contributed by atoms with Crippen LogP contribution >= 0.6 is 0 Å². The van der Waals surface area contributed by atoms with Gasteiger partial charge >= 0.3 is 18.1 Å². The van der Waals surface area contributed by atoms with Crippen molar-refractivity contribution in [3.8, 4) is 11.3 Å². The molecular formula is C25H30F3N5O5. The fraction of sp³-hybridized carbons (Fsp3) is 0.440. The standard InChI is InChI=1S/C25H30F3N5O5/c1-5-9-20(34)38-32-23(36)21-18(6-2)33(4)24(37-21)15-11-8-10-14(12-15)16-13-17(31-30-16)22(35)29-19(7-3)25(26,27)28/h8,10-13,19,24H,5-7,9H2,1-4H3,(H,29,35)(H,30,31)(H,32,36). The molecule has 1 aromatic heterocycles. The molecule has 1 aliphatic rings. The van der Waals surface area contributed by atoms with E-state index >= 15 is 0 Å². The van der Waals surface area contributed by atoms with Gasteiger partial charge in [0.25, 0.3) is 5.91 Å². The summed E-state index contributed by atoms with van der Waals surface area (Å²) in [6.07, 6.45) is -4.35. The first kappa shape index (κ1) is 28.5. The van der Waals surface area contributed by atoms with Gasteiger partial charge in [-0.2, -0.15) is 23.8 Å². The van der Waals surface area contributed by atoms with Crippen molar-refractivity contribution >= 4 is 17.8 Å². The minimum absolute atomic E-state index is 0.0172. The molecule has 0 fully saturated rings. The average molecular weight is 538 g/mol. The second-order valence-electron chi connectivity index (χ2n) is 8.63. The number of benzene rings is 1. The van der Waals surface area contributed by atoms with Crippen LogP contribution in [0.15, 0.2) is 41.8 Å². The Balaban J connectivity index is 1.75. The number of amides is 2. The first-order valence-corrected chi connectivity index (χ1v) is 12.2. The number of nitrogens with one attached hydrogen (secondary N) is 3. The van der Waals surface area contributed by atoms with E-state index in [1.807, 2.05) is 19.2 Å². The number of nitrogens with zero attached hydrogens (tertiary/aromatic N) is 2. The molecule has 3 rings (SSSR count). The van der Waals surface area contributed by atoms with Crippen LogP contribution in [0.2, 0.25) is 0 Å². The summed E-state index contributed by atoms with van der Waals surface area (Å²) in [4.78, 5) is 43.2. The lowest BCUT2D eigenvalue weighted by molar-refractivity contribution is -0.158. The maximum atomic E-state index is 13.0. The summed E-state index contributed by atoms with van der Waals surface area (Å²) in [7, 11) is 1.75. The Labute approximate surface area is 217 Å². The summed E-state index contributed by atoms with van der Waals surface area (Å²) < 4.78 is 45.0. The SMILES string of the molecule is CCCC(=O)ONC(=O)C1=C(CC)N(C)C(c2cccc(-c3cc(C(=O)NC(CC)C(F)(F)F)[nH]n3)c2)O1. The summed E-state index contributed by atoms with van der Waals surface area (Å²) in [5.41, 5.74) is 4.16. The maximum absolute atomic E-state index is 13.0. The molecule has 2 atom stereocenters. The first-order chi connectivity index (χ1) is 18.0. The van der Waals surface area contributed by atoms with Crippen LogP contribution in [0.3, 0.4) is 0 Å². The van der Waals surface area contributed by atoms with Crippen LogP contribution in [0.1, 0.15) is 68.7 Å². The minimum Gasteiger partial charge on any atom is -0.459 e. The largest absolute Gasteiger partial charge is 0.459 e. The zero-order valence-electron chi connectivity index (χ0n) is 21.4. The molecule has 2 amide bonds. The van der Waals surface area contributed by atoms with Gasteiger partial charge in [-0.3, -0.25) is 14.7 Å². The highest BCUT2D eigenvalue weighted by molar-refractivity contribution is 5.94. The molecule has 0 saturated heterocycles. The Kier molecular flexibility index (Phi) is 9.02. The van der Waals surface area contributed by atoms with Crippen molar-refractivity contribution in [3.05, 3.63) is 53.0 Å². The lowest BCUT2D eigenvalue weighted by atomic mass is 10.1. The summed E-state index contributed by atoms with van der Waals surface area (Å²) in [5, 5.41) is 8.52. The Morgan fingerprint density at radius 1 is 1.18 bits per heavy atom. The van der Waals surface area contributed by atoms with Crippen molar-refractivity contribution in [3.63, 3.8) is 0 Å². The normalized spacial score (nSPS) is 16.2. The number of carbonyl (C=O) groups is 3. The molecule has 2 heterocycles. The number of halogens is 3. The van der Waals surface area contributed by atoms with E-state index in [-0.39, 0.29) is 24.3 Å². The van der Waals surface area contributed by atoms with Gasteiger partial charge in [-0.1, -0.05) is 39.0 Å². The Morgan fingerprint density at radius 3 is 2.55 bits per heavy atom. The molecule has 0 radical (unpaired) electrons. The predicted molar refractivity (Wildman–Crippen MR) is 130 cm³/mol. The lowest BCUT2D eigenvalue weighted by Crippen LogP contribution is -2.45. The molecule has 0 bridgehead atoms. The van der Waals surface area contributed by atoms with Crippen LogP contribution in [-0.4, -0.2) is 52.1 Å². The van der Waals surface area contributed by atoms with Crippen LogP contribution in [0.25, 0.3) is 11.3 Å². The van der Waals surface area contributed by atoms with E-state index in [9.17, 15) is 27.6 Å². The third kappa shape index (κ3) is 6.45. The fourth-order valence-corrected chi connectivity index (χ4v) is 3.94. The number of rotatable bonds is 9.